The predicted octanol–water partition coefficient (Wildman–Crippen LogP) is 3.83. The monoisotopic (exact) mass is 350 g/mol. The lowest BCUT2D eigenvalue weighted by Crippen LogP contribution is -2.30. The van der Waals surface area contributed by atoms with Crippen LogP contribution in [0.2, 0.25) is 0 Å². The topological polar surface area (TPSA) is 46.3 Å². The molecule has 3 nitrogen and oxygen atoms in total. The number of rotatable bonds is 4. The second-order valence-corrected chi connectivity index (χ2v) is 5.64. The van der Waals surface area contributed by atoms with E-state index in [9.17, 15) is 9.18 Å². The molecule has 0 radical (unpaired) electrons. The number of amides is 1. The third-order valence-electron chi connectivity index (χ3n) is 3.10. The number of anilines is 1. The zero-order valence-electron chi connectivity index (χ0n) is 11.6. The summed E-state index contributed by atoms with van der Waals surface area (Å²) in [5, 5.41) is 0. The van der Waals surface area contributed by atoms with Crippen LogP contribution in [0.25, 0.3) is 0 Å². The third kappa shape index (κ3) is 4.04. The van der Waals surface area contributed by atoms with E-state index in [0.29, 0.717) is 28.8 Å². The minimum absolute atomic E-state index is 0.208. The second kappa shape index (κ2) is 6.72. The summed E-state index contributed by atoms with van der Waals surface area (Å²) in [4.78, 5) is 14.1. The van der Waals surface area contributed by atoms with Gasteiger partial charge in [0.2, 0.25) is 0 Å². The molecule has 0 aliphatic heterocycles. The van der Waals surface area contributed by atoms with Gasteiger partial charge in [-0.05, 0) is 42.8 Å². The summed E-state index contributed by atoms with van der Waals surface area (Å²) >= 11 is 3.20. The number of nitrogens with zero attached hydrogens (tertiary/aromatic N) is 1. The van der Waals surface area contributed by atoms with Gasteiger partial charge in [-0.15, -0.1) is 0 Å². The van der Waals surface area contributed by atoms with Crippen LogP contribution in [0, 0.1) is 5.82 Å². The molecule has 0 aliphatic rings. The van der Waals surface area contributed by atoms with E-state index in [4.69, 9.17) is 5.73 Å². The number of carbonyl (C=O) groups is 1. The summed E-state index contributed by atoms with van der Waals surface area (Å²) in [5.41, 5.74) is 7.67. The molecule has 0 heterocycles. The molecular formula is C16H16BrFN2O. The molecule has 0 spiro atoms. The van der Waals surface area contributed by atoms with Crippen molar-refractivity contribution >= 4 is 27.5 Å². The first kappa shape index (κ1) is 15.5. The maximum absolute atomic E-state index is 13.4. The molecule has 2 aromatic rings. The summed E-state index contributed by atoms with van der Waals surface area (Å²) in [6, 6.07) is 11.6. The first-order valence-corrected chi connectivity index (χ1v) is 7.38. The van der Waals surface area contributed by atoms with Crippen LogP contribution in [-0.2, 0) is 6.54 Å². The molecule has 0 aliphatic carbocycles. The number of hydrogen-bond donors (Lipinski definition) is 1. The van der Waals surface area contributed by atoms with Crippen molar-refractivity contribution in [3.05, 3.63) is 63.9 Å². The molecule has 21 heavy (non-hydrogen) atoms. The first-order valence-electron chi connectivity index (χ1n) is 6.59. The molecule has 0 saturated heterocycles. The summed E-state index contributed by atoms with van der Waals surface area (Å²) in [6.07, 6.45) is 0. The van der Waals surface area contributed by atoms with Crippen molar-refractivity contribution in [3.63, 3.8) is 0 Å². The molecule has 0 atom stereocenters. The predicted molar refractivity (Wildman–Crippen MR) is 85.4 cm³/mol. The Labute approximate surface area is 131 Å². The van der Waals surface area contributed by atoms with Crippen molar-refractivity contribution in [1.29, 1.82) is 0 Å². The van der Waals surface area contributed by atoms with Crippen LogP contribution >= 0.6 is 15.9 Å². The minimum atomic E-state index is -0.437. The number of hydrogen-bond acceptors (Lipinski definition) is 2. The smallest absolute Gasteiger partial charge is 0.254 e. The molecule has 0 unspecified atom stereocenters. The summed E-state index contributed by atoms with van der Waals surface area (Å²) < 4.78 is 14.0. The number of halogens is 2. The zero-order valence-corrected chi connectivity index (χ0v) is 13.2. The highest BCUT2D eigenvalue weighted by atomic mass is 79.9. The Kier molecular flexibility index (Phi) is 4.96. The average Bonchev–Trinajstić information content (AvgIpc) is 2.43. The van der Waals surface area contributed by atoms with Gasteiger partial charge in [0.15, 0.2) is 0 Å². The van der Waals surface area contributed by atoms with Crippen molar-refractivity contribution in [1.82, 2.24) is 4.90 Å². The van der Waals surface area contributed by atoms with Crippen molar-refractivity contribution in [2.75, 3.05) is 12.3 Å². The van der Waals surface area contributed by atoms with E-state index < -0.39 is 5.82 Å². The van der Waals surface area contributed by atoms with Crippen LogP contribution in [0.1, 0.15) is 22.8 Å². The highest BCUT2D eigenvalue weighted by Gasteiger charge is 2.16. The molecular weight excluding hydrogens is 335 g/mol. The van der Waals surface area contributed by atoms with Gasteiger partial charge in [-0.2, -0.15) is 0 Å². The molecule has 2 rings (SSSR count). The standard InChI is InChI=1S/C16H16BrFN2O/c1-2-20(10-11-4-3-5-15(19)6-11)16(21)12-7-13(17)9-14(18)8-12/h3-9H,2,10,19H2,1H3. The summed E-state index contributed by atoms with van der Waals surface area (Å²) in [5.74, 6) is -0.646. The first-order chi connectivity index (χ1) is 9.99. The molecule has 0 bridgehead atoms. The van der Waals surface area contributed by atoms with Crippen LogP contribution in [0.3, 0.4) is 0 Å². The molecule has 0 saturated carbocycles. The Hall–Kier alpha value is -1.88. The summed E-state index contributed by atoms with van der Waals surface area (Å²) in [7, 11) is 0. The molecule has 2 N–H and O–H groups in total. The Morgan fingerprint density at radius 1 is 1.29 bits per heavy atom. The maximum atomic E-state index is 13.4. The Morgan fingerprint density at radius 3 is 2.67 bits per heavy atom. The van der Waals surface area contributed by atoms with Crippen molar-refractivity contribution in [3.8, 4) is 0 Å². The Bertz CT molecular complexity index is 640. The molecule has 1 amide bonds. The highest BCUT2D eigenvalue weighted by Crippen LogP contribution is 2.18. The van der Waals surface area contributed by atoms with Gasteiger partial charge in [0.05, 0.1) is 0 Å². The number of benzene rings is 2. The third-order valence-corrected chi connectivity index (χ3v) is 3.56. The molecule has 2 aromatic carbocycles. The van der Waals surface area contributed by atoms with Crippen LogP contribution < -0.4 is 5.73 Å². The van der Waals surface area contributed by atoms with E-state index >= 15 is 0 Å². The van der Waals surface area contributed by atoms with Gasteiger partial charge in [-0.3, -0.25) is 4.79 Å². The van der Waals surface area contributed by atoms with Crippen molar-refractivity contribution < 1.29 is 9.18 Å². The van der Waals surface area contributed by atoms with Crippen LogP contribution in [-0.4, -0.2) is 17.4 Å². The lowest BCUT2D eigenvalue weighted by atomic mass is 10.1. The lowest BCUT2D eigenvalue weighted by Gasteiger charge is -2.21. The number of carbonyl (C=O) groups excluding carboxylic acids is 1. The number of nitrogen functional groups attached to an aromatic ring is 1. The fourth-order valence-electron chi connectivity index (χ4n) is 2.10. The maximum Gasteiger partial charge on any atom is 0.254 e. The SMILES string of the molecule is CCN(Cc1cccc(N)c1)C(=O)c1cc(F)cc(Br)c1. The lowest BCUT2D eigenvalue weighted by molar-refractivity contribution is 0.0752. The van der Waals surface area contributed by atoms with E-state index in [-0.39, 0.29) is 5.91 Å². The second-order valence-electron chi connectivity index (χ2n) is 4.72. The Balaban J connectivity index is 2.22. The Morgan fingerprint density at radius 2 is 2.05 bits per heavy atom. The fourth-order valence-corrected chi connectivity index (χ4v) is 2.56. The number of nitrogens with two attached hydrogens (primary N) is 1. The normalized spacial score (nSPS) is 10.4. The fraction of sp³-hybridized carbons (Fsp3) is 0.188. The van der Waals surface area contributed by atoms with Gasteiger partial charge in [0, 0.05) is 28.8 Å². The van der Waals surface area contributed by atoms with E-state index in [0.717, 1.165) is 5.56 Å². The van der Waals surface area contributed by atoms with Crippen molar-refractivity contribution in [2.45, 2.75) is 13.5 Å². The van der Waals surface area contributed by atoms with Crippen LogP contribution in [0.4, 0.5) is 10.1 Å². The van der Waals surface area contributed by atoms with E-state index in [1.54, 1.807) is 17.0 Å². The van der Waals surface area contributed by atoms with E-state index in [1.165, 1.54) is 12.1 Å². The van der Waals surface area contributed by atoms with E-state index in [1.807, 2.05) is 25.1 Å². The minimum Gasteiger partial charge on any atom is -0.399 e. The van der Waals surface area contributed by atoms with Gasteiger partial charge in [0.25, 0.3) is 5.91 Å². The molecule has 0 fully saturated rings. The largest absolute Gasteiger partial charge is 0.399 e. The molecule has 110 valence electrons. The van der Waals surface area contributed by atoms with E-state index in [2.05, 4.69) is 15.9 Å². The van der Waals surface area contributed by atoms with Gasteiger partial charge < -0.3 is 10.6 Å². The highest BCUT2D eigenvalue weighted by molar-refractivity contribution is 9.10. The van der Waals surface area contributed by atoms with Crippen LogP contribution in [0.5, 0.6) is 0 Å². The zero-order chi connectivity index (χ0) is 15.4. The summed E-state index contributed by atoms with van der Waals surface area (Å²) in [6.45, 7) is 2.86. The average molecular weight is 351 g/mol. The van der Waals surface area contributed by atoms with Crippen molar-refractivity contribution in [2.24, 2.45) is 0 Å². The van der Waals surface area contributed by atoms with Gasteiger partial charge in [0.1, 0.15) is 5.82 Å². The molecule has 5 heteroatoms. The quantitative estimate of drug-likeness (QED) is 0.851. The van der Waals surface area contributed by atoms with Gasteiger partial charge in [-0.25, -0.2) is 4.39 Å². The van der Waals surface area contributed by atoms with Gasteiger partial charge in [-0.1, -0.05) is 28.1 Å². The molecule has 0 aromatic heterocycles. The van der Waals surface area contributed by atoms with Crippen LogP contribution in [0.15, 0.2) is 46.9 Å². The van der Waals surface area contributed by atoms with Gasteiger partial charge >= 0.3 is 0 Å².